The van der Waals surface area contributed by atoms with Gasteiger partial charge in [0.25, 0.3) is 0 Å². The van der Waals surface area contributed by atoms with E-state index in [0.717, 1.165) is 30.9 Å². The number of benzene rings is 3. The lowest BCUT2D eigenvalue weighted by molar-refractivity contribution is -0.129. The maximum absolute atomic E-state index is 14.0. The van der Waals surface area contributed by atoms with Crippen LogP contribution in [0, 0.1) is 11.6 Å². The molecule has 0 saturated heterocycles. The van der Waals surface area contributed by atoms with Crippen LogP contribution in [0.1, 0.15) is 50.3 Å². The molecule has 0 heterocycles. The van der Waals surface area contributed by atoms with E-state index in [1.807, 2.05) is 56.3 Å². The van der Waals surface area contributed by atoms with Gasteiger partial charge in [-0.25, -0.2) is 8.78 Å². The molecule has 2 amide bonds. The number of hydrogen-bond donors (Lipinski definition) is 3. The Labute approximate surface area is 260 Å². The Morgan fingerprint density at radius 1 is 0.818 bits per heavy atom. The standard InChI is InChI=1S/C35H46F2N4O3/c1-4-15-40(16-5-2)35(44)25-41(31-13-8-7-9-14-31)24-34(43)39-32(20-28-18-29(36)21-30(37)19-28)33(42)23-38-22-27-12-10-11-26(6-3)17-27/h7-14,17-19,21,32-33,38,42H,4-6,15-16,20,22-25H2,1-3H3,(H,39,43)/t32-,33+/m1/s1. The minimum atomic E-state index is -1.06. The van der Waals surface area contributed by atoms with Crippen LogP contribution in [-0.2, 0) is 29.0 Å². The van der Waals surface area contributed by atoms with Gasteiger partial charge in [-0.2, -0.15) is 0 Å². The number of nitrogens with one attached hydrogen (secondary N) is 2. The highest BCUT2D eigenvalue weighted by atomic mass is 19.1. The normalized spacial score (nSPS) is 12.4. The second-order valence-electron chi connectivity index (χ2n) is 11.1. The largest absolute Gasteiger partial charge is 0.390 e. The zero-order valence-corrected chi connectivity index (χ0v) is 26.1. The van der Waals surface area contributed by atoms with Crippen LogP contribution in [0.4, 0.5) is 14.5 Å². The summed E-state index contributed by atoms with van der Waals surface area (Å²) in [4.78, 5) is 30.2. The number of rotatable bonds is 18. The Hall–Kier alpha value is -3.82. The number of carbonyl (C=O) groups is 2. The molecule has 0 bridgehead atoms. The molecule has 3 aromatic carbocycles. The molecule has 0 fully saturated rings. The van der Waals surface area contributed by atoms with Gasteiger partial charge in [0.05, 0.1) is 25.2 Å². The van der Waals surface area contributed by atoms with Crippen molar-refractivity contribution >= 4 is 17.5 Å². The average molecular weight is 609 g/mol. The molecular weight excluding hydrogens is 562 g/mol. The van der Waals surface area contributed by atoms with E-state index in [-0.39, 0.29) is 32.0 Å². The first-order chi connectivity index (χ1) is 21.2. The molecule has 0 aliphatic rings. The molecule has 9 heteroatoms. The van der Waals surface area contributed by atoms with Crippen LogP contribution in [-0.4, -0.2) is 66.7 Å². The van der Waals surface area contributed by atoms with Gasteiger partial charge in [-0.05, 0) is 66.6 Å². The maximum Gasteiger partial charge on any atom is 0.242 e. The summed E-state index contributed by atoms with van der Waals surface area (Å²) >= 11 is 0. The minimum Gasteiger partial charge on any atom is -0.390 e. The van der Waals surface area contributed by atoms with E-state index in [2.05, 4.69) is 29.7 Å². The molecule has 0 aliphatic heterocycles. The molecule has 0 aromatic heterocycles. The number of aliphatic hydroxyl groups excluding tert-OH is 1. The van der Waals surface area contributed by atoms with Crippen LogP contribution in [0.3, 0.4) is 0 Å². The summed E-state index contributed by atoms with van der Waals surface area (Å²) in [6.45, 7) is 7.92. The third-order valence-electron chi connectivity index (χ3n) is 7.39. The number of hydrogen-bond acceptors (Lipinski definition) is 5. The zero-order valence-electron chi connectivity index (χ0n) is 26.1. The van der Waals surface area contributed by atoms with Crippen LogP contribution >= 0.6 is 0 Å². The zero-order chi connectivity index (χ0) is 31.9. The Balaban J connectivity index is 1.75. The summed E-state index contributed by atoms with van der Waals surface area (Å²) in [6, 6.07) is 19.7. The molecule has 3 rings (SSSR count). The summed E-state index contributed by atoms with van der Waals surface area (Å²) in [7, 11) is 0. The molecule has 0 unspecified atom stereocenters. The highest BCUT2D eigenvalue weighted by molar-refractivity contribution is 5.86. The highest BCUT2D eigenvalue weighted by Crippen LogP contribution is 2.15. The van der Waals surface area contributed by atoms with Gasteiger partial charge in [0, 0.05) is 37.9 Å². The van der Waals surface area contributed by atoms with Gasteiger partial charge >= 0.3 is 0 Å². The van der Waals surface area contributed by atoms with E-state index < -0.39 is 29.7 Å². The number of aliphatic hydroxyl groups is 1. The summed E-state index contributed by atoms with van der Waals surface area (Å²) in [6.07, 6.45) is 1.53. The van der Waals surface area contributed by atoms with Crippen molar-refractivity contribution in [2.45, 2.75) is 65.1 Å². The lowest BCUT2D eigenvalue weighted by Gasteiger charge is -2.30. The second-order valence-corrected chi connectivity index (χ2v) is 11.1. The number of halogens is 2. The molecule has 0 saturated carbocycles. The first kappa shape index (κ1) is 34.7. The van der Waals surface area contributed by atoms with E-state index in [4.69, 9.17) is 0 Å². The van der Waals surface area contributed by atoms with Gasteiger partial charge in [0.15, 0.2) is 0 Å². The Morgan fingerprint density at radius 3 is 2.11 bits per heavy atom. The summed E-state index contributed by atoms with van der Waals surface area (Å²) in [5.74, 6) is -1.96. The average Bonchev–Trinajstić information content (AvgIpc) is 3.00. The summed E-state index contributed by atoms with van der Waals surface area (Å²) in [5, 5.41) is 17.3. The lowest BCUT2D eigenvalue weighted by atomic mass is 10.0. The molecule has 3 N–H and O–H groups in total. The fraction of sp³-hybridized carbons (Fsp3) is 0.429. The first-order valence-electron chi connectivity index (χ1n) is 15.5. The van der Waals surface area contributed by atoms with Gasteiger partial charge in [-0.15, -0.1) is 0 Å². The highest BCUT2D eigenvalue weighted by Gasteiger charge is 2.25. The Kier molecular flexibility index (Phi) is 14.3. The lowest BCUT2D eigenvalue weighted by Crippen LogP contribution is -2.52. The summed E-state index contributed by atoms with van der Waals surface area (Å²) in [5.41, 5.74) is 3.29. The maximum atomic E-state index is 14.0. The molecule has 3 aromatic rings. The van der Waals surface area contributed by atoms with Crippen molar-refractivity contribution in [3.63, 3.8) is 0 Å². The monoisotopic (exact) mass is 608 g/mol. The fourth-order valence-corrected chi connectivity index (χ4v) is 5.20. The molecule has 7 nitrogen and oxygen atoms in total. The molecule has 238 valence electrons. The van der Waals surface area contributed by atoms with Crippen molar-refractivity contribution in [2.24, 2.45) is 0 Å². The van der Waals surface area contributed by atoms with Gasteiger partial charge in [-0.1, -0.05) is 63.2 Å². The van der Waals surface area contributed by atoms with E-state index >= 15 is 0 Å². The van der Waals surface area contributed by atoms with Crippen LogP contribution in [0.15, 0.2) is 72.8 Å². The first-order valence-corrected chi connectivity index (χ1v) is 15.5. The van der Waals surface area contributed by atoms with Gasteiger partial charge in [-0.3, -0.25) is 9.59 Å². The molecule has 2 atom stereocenters. The van der Waals surface area contributed by atoms with E-state index in [9.17, 15) is 23.5 Å². The van der Waals surface area contributed by atoms with Gasteiger partial charge in [0.2, 0.25) is 11.8 Å². The second kappa shape index (κ2) is 18.1. The predicted octanol–water partition coefficient (Wildman–Crippen LogP) is 4.86. The van der Waals surface area contributed by atoms with Gasteiger partial charge in [0.1, 0.15) is 11.6 Å². The number of aryl methyl sites for hydroxylation is 1. The third kappa shape index (κ3) is 11.4. The van der Waals surface area contributed by atoms with Crippen LogP contribution in [0.5, 0.6) is 0 Å². The van der Waals surface area contributed by atoms with Crippen molar-refractivity contribution in [3.8, 4) is 0 Å². The predicted molar refractivity (Wildman–Crippen MR) is 171 cm³/mol. The summed E-state index contributed by atoms with van der Waals surface area (Å²) < 4.78 is 28.0. The number of carbonyl (C=O) groups excluding carboxylic acids is 2. The Bertz CT molecular complexity index is 1300. The van der Waals surface area contributed by atoms with E-state index in [1.54, 1.807) is 9.80 Å². The number of nitrogens with zero attached hydrogens (tertiary/aromatic N) is 2. The molecule has 0 aliphatic carbocycles. The Morgan fingerprint density at radius 2 is 1.48 bits per heavy atom. The molecule has 0 spiro atoms. The molecule has 0 radical (unpaired) electrons. The molecule has 44 heavy (non-hydrogen) atoms. The van der Waals surface area contributed by atoms with Crippen LogP contribution < -0.4 is 15.5 Å². The van der Waals surface area contributed by atoms with Crippen molar-refractivity contribution in [2.75, 3.05) is 37.6 Å². The van der Waals surface area contributed by atoms with Gasteiger partial charge < -0.3 is 25.5 Å². The van der Waals surface area contributed by atoms with Crippen molar-refractivity contribution in [1.82, 2.24) is 15.5 Å². The van der Waals surface area contributed by atoms with Crippen LogP contribution in [0.2, 0.25) is 0 Å². The minimum absolute atomic E-state index is 0.0120. The smallest absolute Gasteiger partial charge is 0.242 e. The third-order valence-corrected chi connectivity index (χ3v) is 7.39. The quantitative estimate of drug-likeness (QED) is 0.192. The van der Waals surface area contributed by atoms with Crippen molar-refractivity contribution in [1.29, 1.82) is 0 Å². The molecular formula is C35H46F2N4O3. The van der Waals surface area contributed by atoms with E-state index in [0.29, 0.717) is 30.9 Å². The van der Waals surface area contributed by atoms with Crippen molar-refractivity contribution < 1.29 is 23.5 Å². The number of para-hydroxylation sites is 1. The fourth-order valence-electron chi connectivity index (χ4n) is 5.20. The van der Waals surface area contributed by atoms with Crippen LogP contribution in [0.25, 0.3) is 0 Å². The topological polar surface area (TPSA) is 84.9 Å². The number of amides is 2. The SMILES string of the molecule is CCCN(CCC)C(=O)CN(CC(=O)N[C@H](Cc1cc(F)cc(F)c1)[C@@H](O)CNCc1cccc(CC)c1)c1ccccc1. The van der Waals surface area contributed by atoms with Crippen molar-refractivity contribution in [3.05, 3.63) is 101 Å². The number of anilines is 1. The van der Waals surface area contributed by atoms with E-state index in [1.165, 1.54) is 17.7 Å².